The Hall–Kier alpha value is -3.27. The summed E-state index contributed by atoms with van der Waals surface area (Å²) in [6.45, 7) is 8.92. The first-order chi connectivity index (χ1) is 17.4. The lowest BCUT2D eigenvalue weighted by atomic mass is 9.99. The fraction of sp³-hybridized carbons (Fsp3) is 0.300. The van der Waals surface area contributed by atoms with Gasteiger partial charge in [-0.2, -0.15) is 0 Å². The molecule has 5 nitrogen and oxygen atoms in total. The summed E-state index contributed by atoms with van der Waals surface area (Å²) < 4.78 is 25.5. The van der Waals surface area contributed by atoms with Gasteiger partial charge in [-0.3, -0.25) is 4.52 Å². The van der Waals surface area contributed by atoms with Gasteiger partial charge in [0.05, 0.1) is 6.04 Å². The molecule has 0 radical (unpaired) electrons. The van der Waals surface area contributed by atoms with Crippen molar-refractivity contribution in [3.05, 3.63) is 72.8 Å². The molecule has 0 amide bonds. The van der Waals surface area contributed by atoms with Gasteiger partial charge in [0, 0.05) is 10.8 Å². The summed E-state index contributed by atoms with van der Waals surface area (Å²) in [7, 11) is -1.78. The van der Waals surface area contributed by atoms with Crippen LogP contribution in [-0.2, 0) is 4.74 Å². The van der Waals surface area contributed by atoms with E-state index in [1.54, 1.807) is 0 Å². The number of hydrogen-bond acceptors (Lipinski definition) is 5. The van der Waals surface area contributed by atoms with Crippen LogP contribution in [0.3, 0.4) is 0 Å². The highest BCUT2D eigenvalue weighted by Crippen LogP contribution is 2.41. The average molecular weight is 500 g/mol. The molecule has 0 saturated carbocycles. The van der Waals surface area contributed by atoms with E-state index in [0.717, 1.165) is 49.9 Å². The monoisotopic (exact) mass is 499 g/mol. The standard InChI is InChI=1S/C30H30NO4P/c1-19(2)17-22-18-32-29(31-22)30(3,4)35-36-33-25-15-13-20-9-5-7-11-23(20)27(25)28-24-12-8-6-10-21(24)14-16-26(28)34-36/h5-16,19,22H,17-18H2,1-4H3/t22-/m0/s1. The second kappa shape index (κ2) is 8.99. The third kappa shape index (κ3) is 4.17. The molecule has 0 fully saturated rings. The van der Waals surface area contributed by atoms with Gasteiger partial charge in [0.25, 0.3) is 0 Å². The average Bonchev–Trinajstić information content (AvgIpc) is 3.26. The maximum atomic E-state index is 6.50. The van der Waals surface area contributed by atoms with Crippen molar-refractivity contribution in [2.75, 3.05) is 6.61 Å². The number of benzene rings is 4. The molecule has 1 atom stereocenters. The Kier molecular flexibility index (Phi) is 5.78. The largest absolute Gasteiger partial charge is 0.477 e. The Balaban J connectivity index is 1.57. The van der Waals surface area contributed by atoms with E-state index < -0.39 is 13.8 Å². The summed E-state index contributed by atoms with van der Waals surface area (Å²) in [5.74, 6) is 1.16. The van der Waals surface area contributed by atoms with E-state index in [-0.39, 0.29) is 6.04 Å². The van der Waals surface area contributed by atoms with Crippen molar-refractivity contribution in [1.29, 1.82) is 0 Å². The molecular formula is C30H30NO4P. The van der Waals surface area contributed by atoms with E-state index in [0.29, 0.717) is 18.4 Å². The first-order valence-electron chi connectivity index (χ1n) is 12.5. The molecule has 184 valence electrons. The van der Waals surface area contributed by atoms with Gasteiger partial charge in [-0.15, -0.1) is 0 Å². The lowest BCUT2D eigenvalue weighted by molar-refractivity contribution is 0.186. The van der Waals surface area contributed by atoms with Crippen molar-refractivity contribution < 1.29 is 17.7 Å². The molecule has 0 unspecified atom stereocenters. The molecule has 6 rings (SSSR count). The number of aliphatic imine (C=N–C) groups is 1. The van der Waals surface area contributed by atoms with Crippen LogP contribution >= 0.6 is 8.24 Å². The van der Waals surface area contributed by atoms with E-state index in [4.69, 9.17) is 22.6 Å². The predicted octanol–water partition coefficient (Wildman–Crippen LogP) is 8.65. The van der Waals surface area contributed by atoms with Gasteiger partial charge >= 0.3 is 8.24 Å². The van der Waals surface area contributed by atoms with Gasteiger partial charge in [-0.1, -0.05) is 74.5 Å². The van der Waals surface area contributed by atoms with Crippen LogP contribution < -0.4 is 4.52 Å². The van der Waals surface area contributed by atoms with Crippen LogP contribution in [0.15, 0.2) is 86.2 Å². The second-order valence-corrected chi connectivity index (χ2v) is 11.4. The Morgan fingerprint density at radius 2 is 1.42 bits per heavy atom. The number of nitrogens with zero attached hydrogens (tertiary/aromatic N) is 1. The highest BCUT2D eigenvalue weighted by Gasteiger charge is 2.36. The maximum Gasteiger partial charge on any atom is 0.388 e. The Labute approximate surface area is 211 Å². The molecule has 2 heterocycles. The van der Waals surface area contributed by atoms with Crippen molar-refractivity contribution >= 4 is 57.6 Å². The summed E-state index contributed by atoms with van der Waals surface area (Å²) in [5, 5.41) is 6.59. The molecule has 0 bridgehead atoms. The number of rotatable bonds is 5. The van der Waals surface area contributed by atoms with Crippen molar-refractivity contribution in [1.82, 2.24) is 0 Å². The summed E-state index contributed by atoms with van der Waals surface area (Å²) >= 11 is 0. The SMILES string of the molecule is CC(C)C[C@H]1COC(C(C)(C)Op2oc3ccc4ccccc4c3c3c(ccc4ccccc43)o2)=N1. The fourth-order valence-corrected chi connectivity index (χ4v) is 6.21. The van der Waals surface area contributed by atoms with Crippen LogP contribution in [0.25, 0.3) is 43.5 Å². The summed E-state index contributed by atoms with van der Waals surface area (Å²) in [6.07, 6.45) is 0.988. The van der Waals surface area contributed by atoms with Crippen molar-refractivity contribution in [2.24, 2.45) is 10.9 Å². The van der Waals surface area contributed by atoms with E-state index in [1.165, 1.54) is 0 Å². The zero-order chi connectivity index (χ0) is 24.9. The molecule has 5 aromatic rings. The minimum atomic E-state index is -1.78. The van der Waals surface area contributed by atoms with Crippen LogP contribution in [-0.4, -0.2) is 24.1 Å². The van der Waals surface area contributed by atoms with E-state index in [1.807, 2.05) is 26.0 Å². The Bertz CT molecular complexity index is 1570. The molecule has 1 aliphatic heterocycles. The van der Waals surface area contributed by atoms with Crippen LogP contribution in [0.4, 0.5) is 0 Å². The van der Waals surface area contributed by atoms with Crippen molar-refractivity contribution in [3.8, 4) is 0 Å². The molecule has 0 aliphatic carbocycles. The van der Waals surface area contributed by atoms with Crippen LogP contribution in [0.1, 0.15) is 34.1 Å². The van der Waals surface area contributed by atoms with Gasteiger partial charge < -0.3 is 13.1 Å². The highest BCUT2D eigenvalue weighted by atomic mass is 31.1. The minimum absolute atomic E-state index is 0.158. The minimum Gasteiger partial charge on any atom is -0.477 e. The van der Waals surface area contributed by atoms with Crippen molar-refractivity contribution in [3.63, 3.8) is 0 Å². The summed E-state index contributed by atoms with van der Waals surface area (Å²) in [4.78, 5) is 4.83. The third-order valence-electron chi connectivity index (χ3n) is 6.65. The Morgan fingerprint density at radius 1 is 0.861 bits per heavy atom. The lowest BCUT2D eigenvalue weighted by Crippen LogP contribution is -2.37. The van der Waals surface area contributed by atoms with Gasteiger partial charge in [0.2, 0.25) is 5.90 Å². The molecule has 1 aliphatic rings. The number of fused-ring (bicyclic) bond motifs is 7. The van der Waals surface area contributed by atoms with E-state index in [2.05, 4.69) is 74.5 Å². The van der Waals surface area contributed by atoms with Gasteiger partial charge in [0.1, 0.15) is 17.8 Å². The normalized spacial score (nSPS) is 16.2. The van der Waals surface area contributed by atoms with Crippen LogP contribution in [0.2, 0.25) is 0 Å². The predicted molar refractivity (Wildman–Crippen MR) is 149 cm³/mol. The number of ether oxygens (including phenoxy) is 1. The molecule has 0 saturated heterocycles. The van der Waals surface area contributed by atoms with Gasteiger partial charge in [-0.05, 0) is 59.9 Å². The third-order valence-corrected chi connectivity index (χ3v) is 7.95. The highest BCUT2D eigenvalue weighted by molar-refractivity contribution is 7.32. The number of hydrogen-bond donors (Lipinski definition) is 0. The molecule has 0 N–H and O–H groups in total. The molecule has 1 aromatic heterocycles. The topological polar surface area (TPSA) is 57.1 Å². The first kappa shape index (κ1) is 23.1. The second-order valence-electron chi connectivity index (χ2n) is 10.4. The van der Waals surface area contributed by atoms with Crippen LogP contribution in [0.5, 0.6) is 0 Å². The maximum absolute atomic E-state index is 6.50. The van der Waals surface area contributed by atoms with Gasteiger partial charge in [-0.25, -0.2) is 4.99 Å². The summed E-state index contributed by atoms with van der Waals surface area (Å²) in [5.41, 5.74) is 0.700. The zero-order valence-electron chi connectivity index (χ0n) is 21.0. The van der Waals surface area contributed by atoms with Crippen LogP contribution in [0, 0.1) is 5.92 Å². The first-order valence-corrected chi connectivity index (χ1v) is 13.6. The lowest BCUT2D eigenvalue weighted by Gasteiger charge is -2.21. The summed E-state index contributed by atoms with van der Waals surface area (Å²) in [6, 6.07) is 25.1. The quantitative estimate of drug-likeness (QED) is 0.243. The molecule has 36 heavy (non-hydrogen) atoms. The van der Waals surface area contributed by atoms with Crippen molar-refractivity contribution in [2.45, 2.75) is 45.8 Å². The van der Waals surface area contributed by atoms with E-state index >= 15 is 0 Å². The smallest absolute Gasteiger partial charge is 0.388 e. The molecular weight excluding hydrogens is 469 g/mol. The zero-order valence-corrected chi connectivity index (χ0v) is 21.9. The molecule has 4 aromatic carbocycles. The van der Waals surface area contributed by atoms with Gasteiger partial charge in [0.15, 0.2) is 5.60 Å². The fourth-order valence-electron chi connectivity index (χ4n) is 5.02. The molecule has 0 spiro atoms. The molecule has 6 heteroatoms. The van der Waals surface area contributed by atoms with E-state index in [9.17, 15) is 0 Å². The Morgan fingerprint density at radius 3 is 1.97 bits per heavy atom.